The van der Waals surface area contributed by atoms with Crippen molar-refractivity contribution in [2.24, 2.45) is 0 Å². The van der Waals surface area contributed by atoms with Crippen molar-refractivity contribution >= 4 is 35.1 Å². The number of aromatic nitrogens is 4. The van der Waals surface area contributed by atoms with Crippen molar-refractivity contribution in [3.63, 3.8) is 0 Å². The molecule has 0 aliphatic carbocycles. The maximum absolute atomic E-state index is 11.9. The fourth-order valence-electron chi connectivity index (χ4n) is 1.21. The Morgan fingerprint density at radius 1 is 1.58 bits per heavy atom. The first-order chi connectivity index (χ1) is 9.06. The normalized spacial score (nSPS) is 12.1. The number of thioether (sulfide) groups is 1. The van der Waals surface area contributed by atoms with Crippen LogP contribution in [-0.4, -0.2) is 31.0 Å². The highest BCUT2D eigenvalue weighted by Gasteiger charge is 2.17. The van der Waals surface area contributed by atoms with Gasteiger partial charge in [0.05, 0.1) is 10.3 Å². The summed E-state index contributed by atoms with van der Waals surface area (Å²) in [7, 11) is 0. The molecule has 0 saturated carbocycles. The van der Waals surface area contributed by atoms with Crippen molar-refractivity contribution in [2.75, 3.05) is 11.2 Å². The van der Waals surface area contributed by atoms with Crippen LogP contribution >= 0.6 is 23.4 Å². The van der Waals surface area contributed by atoms with Crippen molar-refractivity contribution in [1.82, 2.24) is 19.9 Å². The van der Waals surface area contributed by atoms with Crippen LogP contribution in [0.1, 0.15) is 6.92 Å². The van der Waals surface area contributed by atoms with E-state index in [2.05, 4.69) is 20.5 Å². The summed E-state index contributed by atoms with van der Waals surface area (Å²) < 4.78 is 1.26. The number of halogens is 1. The van der Waals surface area contributed by atoms with Gasteiger partial charge >= 0.3 is 0 Å². The van der Waals surface area contributed by atoms with E-state index in [0.717, 1.165) is 0 Å². The number of amides is 1. The molecule has 9 heteroatoms. The molecule has 19 heavy (non-hydrogen) atoms. The van der Waals surface area contributed by atoms with Crippen molar-refractivity contribution in [3.05, 3.63) is 29.7 Å². The number of hydrogen-bond donors (Lipinski definition) is 2. The Morgan fingerprint density at radius 2 is 2.37 bits per heavy atom. The Labute approximate surface area is 118 Å². The molecule has 0 aliphatic heterocycles. The number of carbonyl (C=O) groups is 1. The van der Waals surface area contributed by atoms with Crippen LogP contribution in [0.3, 0.4) is 0 Å². The molecule has 1 amide bonds. The summed E-state index contributed by atoms with van der Waals surface area (Å²) in [5.74, 6) is 5.81. The number of pyridine rings is 1. The van der Waals surface area contributed by atoms with E-state index in [9.17, 15) is 4.79 Å². The number of carbonyl (C=O) groups excluding carboxylic acids is 1. The van der Waals surface area contributed by atoms with Gasteiger partial charge in [-0.3, -0.25) is 4.79 Å². The zero-order valence-corrected chi connectivity index (χ0v) is 11.5. The molecule has 0 spiro atoms. The Kier molecular flexibility index (Phi) is 4.23. The Morgan fingerprint density at radius 3 is 2.95 bits per heavy atom. The van der Waals surface area contributed by atoms with Gasteiger partial charge in [-0.25, -0.2) is 9.66 Å². The Bertz CT molecular complexity index is 572. The monoisotopic (exact) mass is 298 g/mol. The average Bonchev–Trinajstić information content (AvgIpc) is 2.78. The molecule has 0 aromatic carbocycles. The van der Waals surface area contributed by atoms with Crippen LogP contribution in [0.25, 0.3) is 0 Å². The van der Waals surface area contributed by atoms with Crippen LogP contribution in [0.15, 0.2) is 29.8 Å². The average molecular weight is 299 g/mol. The minimum absolute atomic E-state index is 0.206. The number of nitrogens with one attached hydrogen (secondary N) is 1. The van der Waals surface area contributed by atoms with Crippen LogP contribution < -0.4 is 11.2 Å². The molecule has 0 radical (unpaired) electrons. The maximum Gasteiger partial charge on any atom is 0.238 e. The Hall–Kier alpha value is -1.80. The molecule has 2 rings (SSSR count). The molecular weight excluding hydrogens is 288 g/mol. The van der Waals surface area contributed by atoms with E-state index in [1.165, 1.54) is 29.0 Å². The number of anilines is 1. The van der Waals surface area contributed by atoms with Crippen molar-refractivity contribution in [2.45, 2.75) is 17.3 Å². The number of rotatable bonds is 4. The first-order valence-corrected chi connectivity index (χ1v) is 6.56. The lowest BCUT2D eigenvalue weighted by atomic mass is 10.4. The highest BCUT2D eigenvalue weighted by Crippen LogP contribution is 2.20. The van der Waals surface area contributed by atoms with E-state index < -0.39 is 0 Å². The molecule has 2 aromatic rings. The van der Waals surface area contributed by atoms with Crippen molar-refractivity contribution in [3.8, 4) is 0 Å². The van der Waals surface area contributed by atoms with Crippen LogP contribution in [0, 0.1) is 0 Å². The SMILES string of the molecule is CC(Sc1nncn1N)C(=O)Nc1ccc(Cl)cn1. The predicted octanol–water partition coefficient (Wildman–Crippen LogP) is 1.16. The summed E-state index contributed by atoms with van der Waals surface area (Å²) in [4.78, 5) is 15.9. The smallest absolute Gasteiger partial charge is 0.238 e. The third-order valence-electron chi connectivity index (χ3n) is 2.17. The maximum atomic E-state index is 11.9. The van der Waals surface area contributed by atoms with E-state index in [4.69, 9.17) is 17.4 Å². The highest BCUT2D eigenvalue weighted by molar-refractivity contribution is 8.00. The van der Waals surface area contributed by atoms with Crippen LogP contribution in [0.5, 0.6) is 0 Å². The number of nitrogens with two attached hydrogens (primary N) is 1. The number of nitrogens with zero attached hydrogens (tertiary/aromatic N) is 4. The second-order valence-electron chi connectivity index (χ2n) is 3.63. The third kappa shape index (κ3) is 3.58. The minimum atomic E-state index is -0.385. The summed E-state index contributed by atoms with van der Waals surface area (Å²) >= 11 is 6.92. The van der Waals surface area contributed by atoms with Gasteiger partial charge in [-0.2, -0.15) is 0 Å². The largest absolute Gasteiger partial charge is 0.336 e. The Balaban J connectivity index is 1.96. The summed E-state index contributed by atoms with van der Waals surface area (Å²) in [5, 5.41) is 10.7. The topological polar surface area (TPSA) is 98.7 Å². The summed E-state index contributed by atoms with van der Waals surface area (Å²) in [6.45, 7) is 1.74. The molecule has 7 nitrogen and oxygen atoms in total. The van der Waals surface area contributed by atoms with Gasteiger partial charge in [0.1, 0.15) is 12.1 Å². The van der Waals surface area contributed by atoms with Gasteiger partial charge in [0, 0.05) is 6.20 Å². The lowest BCUT2D eigenvalue weighted by Gasteiger charge is -2.10. The summed E-state index contributed by atoms with van der Waals surface area (Å²) in [6.07, 6.45) is 2.83. The first-order valence-electron chi connectivity index (χ1n) is 5.30. The van der Waals surface area contributed by atoms with Crippen LogP contribution in [0.2, 0.25) is 5.02 Å². The van der Waals surface area contributed by atoms with Crippen molar-refractivity contribution in [1.29, 1.82) is 0 Å². The van der Waals surface area contributed by atoms with E-state index >= 15 is 0 Å². The summed E-state index contributed by atoms with van der Waals surface area (Å²) in [5.41, 5.74) is 0. The molecule has 100 valence electrons. The van der Waals surface area contributed by atoms with Gasteiger partial charge in [-0.15, -0.1) is 10.2 Å². The molecule has 2 aromatic heterocycles. The number of hydrogen-bond acceptors (Lipinski definition) is 6. The van der Waals surface area contributed by atoms with Gasteiger partial charge in [0.15, 0.2) is 0 Å². The van der Waals surface area contributed by atoms with Crippen molar-refractivity contribution < 1.29 is 4.79 Å². The molecule has 0 saturated heterocycles. The second-order valence-corrected chi connectivity index (χ2v) is 5.38. The molecule has 0 fully saturated rings. The lowest BCUT2D eigenvalue weighted by Crippen LogP contribution is -2.23. The van der Waals surface area contributed by atoms with E-state index in [0.29, 0.717) is 16.0 Å². The fourth-order valence-corrected chi connectivity index (χ4v) is 2.06. The fraction of sp³-hybridized carbons (Fsp3) is 0.200. The molecule has 1 unspecified atom stereocenters. The van der Waals surface area contributed by atoms with E-state index in [-0.39, 0.29) is 11.2 Å². The van der Waals surface area contributed by atoms with Gasteiger partial charge in [0.25, 0.3) is 0 Å². The lowest BCUT2D eigenvalue weighted by molar-refractivity contribution is -0.115. The predicted molar refractivity (Wildman–Crippen MR) is 73.4 cm³/mol. The molecule has 2 heterocycles. The minimum Gasteiger partial charge on any atom is -0.336 e. The zero-order valence-electron chi connectivity index (χ0n) is 9.95. The molecular formula is C10H11ClN6OS. The molecule has 0 aliphatic rings. The number of nitrogen functional groups attached to an aromatic ring is 1. The quantitative estimate of drug-likeness (QED) is 0.649. The standard InChI is InChI=1S/C10H11ClN6OS/c1-6(19-10-16-14-5-17(10)12)9(18)15-8-3-2-7(11)4-13-8/h2-6H,12H2,1H3,(H,13,15,18). The van der Waals surface area contributed by atoms with E-state index in [1.54, 1.807) is 19.1 Å². The highest BCUT2D eigenvalue weighted by atomic mass is 35.5. The summed E-state index contributed by atoms with van der Waals surface area (Å²) in [6, 6.07) is 3.28. The second kappa shape index (κ2) is 5.89. The van der Waals surface area contributed by atoms with Gasteiger partial charge < -0.3 is 11.2 Å². The first kappa shape index (κ1) is 13.6. The van der Waals surface area contributed by atoms with Crippen LogP contribution in [0.4, 0.5) is 5.82 Å². The van der Waals surface area contributed by atoms with Gasteiger partial charge in [0.2, 0.25) is 11.1 Å². The molecule has 1 atom stereocenters. The molecule has 3 N–H and O–H groups in total. The third-order valence-corrected chi connectivity index (χ3v) is 3.46. The molecule has 0 bridgehead atoms. The van der Waals surface area contributed by atoms with E-state index in [1.807, 2.05) is 0 Å². The zero-order chi connectivity index (χ0) is 13.8. The van der Waals surface area contributed by atoms with Crippen LogP contribution in [-0.2, 0) is 4.79 Å². The van der Waals surface area contributed by atoms with Gasteiger partial charge in [-0.05, 0) is 19.1 Å². The van der Waals surface area contributed by atoms with Gasteiger partial charge in [-0.1, -0.05) is 23.4 Å².